The molecule has 1 fully saturated rings. The molecule has 0 aromatic carbocycles. The van der Waals surface area contributed by atoms with Gasteiger partial charge in [0.1, 0.15) is 24.4 Å². The van der Waals surface area contributed by atoms with Gasteiger partial charge in [0, 0.05) is 14.2 Å². The summed E-state index contributed by atoms with van der Waals surface area (Å²) in [6.07, 6.45) is -5.33. The first-order valence-corrected chi connectivity index (χ1v) is 4.33. The Hall–Kier alpha value is -0.240. The third-order valence-electron chi connectivity index (χ3n) is 2.23. The molecule has 0 aromatic heterocycles. The van der Waals surface area contributed by atoms with Crippen LogP contribution in [0.5, 0.6) is 0 Å². The molecule has 0 bridgehead atoms. The molecule has 1 heterocycles. The van der Waals surface area contributed by atoms with E-state index in [9.17, 15) is 15.3 Å². The van der Waals surface area contributed by atoms with Gasteiger partial charge in [-0.15, -0.1) is 0 Å². The van der Waals surface area contributed by atoms with Gasteiger partial charge in [0.2, 0.25) is 0 Å². The quantitative estimate of drug-likeness (QED) is 0.501. The lowest BCUT2D eigenvalue weighted by Crippen LogP contribution is -2.59. The highest BCUT2D eigenvalue weighted by Gasteiger charge is 2.43. The molecule has 1 aliphatic rings. The molecule has 0 aliphatic carbocycles. The van der Waals surface area contributed by atoms with Crippen molar-refractivity contribution in [2.75, 3.05) is 20.8 Å². The number of aliphatic hydroxyl groups excluding tert-OH is 3. The molecule has 3 N–H and O–H groups in total. The van der Waals surface area contributed by atoms with Crippen LogP contribution in [0.3, 0.4) is 0 Å². The van der Waals surface area contributed by atoms with Gasteiger partial charge in [0.15, 0.2) is 6.29 Å². The molecule has 6 nitrogen and oxygen atoms in total. The average Bonchev–Trinajstić information content (AvgIpc) is 2.19. The minimum atomic E-state index is -1.28. The van der Waals surface area contributed by atoms with Crippen molar-refractivity contribution in [2.45, 2.75) is 30.7 Å². The molecule has 1 saturated heterocycles. The summed E-state index contributed by atoms with van der Waals surface area (Å²) in [6, 6.07) is 0. The second-order valence-corrected chi connectivity index (χ2v) is 3.21. The molecule has 1 rings (SSSR count). The molecule has 0 amide bonds. The zero-order valence-corrected chi connectivity index (χ0v) is 8.16. The van der Waals surface area contributed by atoms with E-state index in [1.165, 1.54) is 14.2 Å². The van der Waals surface area contributed by atoms with Crippen LogP contribution in [0.4, 0.5) is 0 Å². The van der Waals surface area contributed by atoms with Crippen molar-refractivity contribution in [3.63, 3.8) is 0 Å². The maximum absolute atomic E-state index is 9.48. The van der Waals surface area contributed by atoms with E-state index in [1.807, 2.05) is 0 Å². The Balaban J connectivity index is 2.63. The highest BCUT2D eigenvalue weighted by molar-refractivity contribution is 4.88. The largest absolute Gasteiger partial charge is 0.387 e. The molecular weight excluding hydrogens is 192 g/mol. The first kappa shape index (κ1) is 11.8. The lowest BCUT2D eigenvalue weighted by molar-refractivity contribution is -0.295. The van der Waals surface area contributed by atoms with Crippen molar-refractivity contribution in [3.05, 3.63) is 0 Å². The van der Waals surface area contributed by atoms with Crippen molar-refractivity contribution < 1.29 is 29.5 Å². The Morgan fingerprint density at radius 2 is 1.71 bits per heavy atom. The number of ether oxygens (including phenoxy) is 3. The van der Waals surface area contributed by atoms with Crippen molar-refractivity contribution in [2.24, 2.45) is 0 Å². The van der Waals surface area contributed by atoms with Gasteiger partial charge in [-0.05, 0) is 0 Å². The molecule has 0 spiro atoms. The molecule has 14 heavy (non-hydrogen) atoms. The first-order chi connectivity index (χ1) is 6.61. The number of hydrogen-bond acceptors (Lipinski definition) is 6. The molecule has 5 atom stereocenters. The van der Waals surface area contributed by atoms with Crippen LogP contribution < -0.4 is 0 Å². The molecule has 0 saturated carbocycles. The van der Waals surface area contributed by atoms with E-state index in [0.717, 1.165) is 0 Å². The predicted octanol–water partition coefficient (Wildman–Crippen LogP) is -1.91. The van der Waals surface area contributed by atoms with Crippen LogP contribution in [0.25, 0.3) is 0 Å². The van der Waals surface area contributed by atoms with Crippen molar-refractivity contribution in [1.82, 2.24) is 0 Å². The lowest BCUT2D eigenvalue weighted by atomic mass is 9.99. The zero-order valence-electron chi connectivity index (χ0n) is 8.16. The molecule has 0 aromatic rings. The van der Waals surface area contributed by atoms with Crippen LogP contribution in [0.15, 0.2) is 0 Å². The normalized spacial score (nSPS) is 43.9. The van der Waals surface area contributed by atoms with E-state index < -0.39 is 30.7 Å². The summed E-state index contributed by atoms with van der Waals surface area (Å²) in [5.74, 6) is 0. The number of methoxy groups -OCH3 is 2. The highest BCUT2D eigenvalue weighted by atomic mass is 16.7. The van der Waals surface area contributed by atoms with Crippen LogP contribution in [0, 0.1) is 0 Å². The smallest absolute Gasteiger partial charge is 0.186 e. The summed E-state index contributed by atoms with van der Waals surface area (Å²) in [6.45, 7) is 0.130. The van der Waals surface area contributed by atoms with E-state index in [-0.39, 0.29) is 6.61 Å². The van der Waals surface area contributed by atoms with E-state index in [1.54, 1.807) is 0 Å². The van der Waals surface area contributed by atoms with Crippen LogP contribution in [-0.4, -0.2) is 66.9 Å². The Bertz CT molecular complexity index is 171. The Morgan fingerprint density at radius 3 is 2.21 bits per heavy atom. The van der Waals surface area contributed by atoms with Gasteiger partial charge in [-0.25, -0.2) is 0 Å². The summed E-state index contributed by atoms with van der Waals surface area (Å²) < 4.78 is 14.8. The van der Waals surface area contributed by atoms with Gasteiger partial charge in [-0.2, -0.15) is 0 Å². The minimum Gasteiger partial charge on any atom is -0.387 e. The Kier molecular flexibility index (Phi) is 4.24. The first-order valence-electron chi connectivity index (χ1n) is 4.33. The fourth-order valence-electron chi connectivity index (χ4n) is 1.41. The van der Waals surface area contributed by atoms with E-state index >= 15 is 0 Å². The van der Waals surface area contributed by atoms with Gasteiger partial charge < -0.3 is 29.5 Å². The van der Waals surface area contributed by atoms with E-state index in [2.05, 4.69) is 0 Å². The molecular formula is C8H16O6. The van der Waals surface area contributed by atoms with Gasteiger partial charge in [0.25, 0.3) is 0 Å². The summed E-state index contributed by atoms with van der Waals surface area (Å²) in [7, 11) is 2.80. The number of rotatable bonds is 3. The Morgan fingerprint density at radius 1 is 1.07 bits per heavy atom. The molecule has 84 valence electrons. The third-order valence-corrected chi connectivity index (χ3v) is 2.23. The summed E-state index contributed by atoms with van der Waals surface area (Å²) in [5, 5.41) is 28.3. The fraction of sp³-hybridized carbons (Fsp3) is 1.00. The maximum Gasteiger partial charge on any atom is 0.186 e. The number of aliphatic hydroxyl groups is 3. The van der Waals surface area contributed by atoms with E-state index in [0.29, 0.717) is 0 Å². The zero-order chi connectivity index (χ0) is 10.7. The van der Waals surface area contributed by atoms with Crippen molar-refractivity contribution >= 4 is 0 Å². The molecule has 6 heteroatoms. The van der Waals surface area contributed by atoms with Crippen LogP contribution >= 0.6 is 0 Å². The lowest BCUT2D eigenvalue weighted by Gasteiger charge is -2.39. The SMILES string of the molecule is COC[C@H]1O[C@H](OC)[C@H](O)[C@@H](O)[C@@H]1O. The van der Waals surface area contributed by atoms with Gasteiger partial charge >= 0.3 is 0 Å². The Labute approximate surface area is 82.0 Å². The standard InChI is InChI=1S/C8H16O6/c1-12-3-4-5(9)6(10)7(11)8(13-2)14-4/h4-11H,3H2,1-2H3/t4-,5-,6+,7-,8+/m1/s1. The highest BCUT2D eigenvalue weighted by Crippen LogP contribution is 2.21. The van der Waals surface area contributed by atoms with Gasteiger partial charge in [-0.3, -0.25) is 0 Å². The van der Waals surface area contributed by atoms with Gasteiger partial charge in [0.05, 0.1) is 6.61 Å². The molecule has 0 radical (unpaired) electrons. The van der Waals surface area contributed by atoms with Crippen LogP contribution in [0.1, 0.15) is 0 Å². The topological polar surface area (TPSA) is 88.4 Å². The van der Waals surface area contributed by atoms with Crippen molar-refractivity contribution in [3.8, 4) is 0 Å². The van der Waals surface area contributed by atoms with Crippen LogP contribution in [-0.2, 0) is 14.2 Å². The summed E-state index contributed by atoms with van der Waals surface area (Å²) in [5.41, 5.74) is 0. The molecule has 1 aliphatic heterocycles. The average molecular weight is 208 g/mol. The fourth-order valence-corrected chi connectivity index (χ4v) is 1.41. The second kappa shape index (κ2) is 5.01. The summed E-state index contributed by atoms with van der Waals surface area (Å²) in [4.78, 5) is 0. The second-order valence-electron chi connectivity index (χ2n) is 3.21. The van der Waals surface area contributed by atoms with Gasteiger partial charge in [-0.1, -0.05) is 0 Å². The maximum atomic E-state index is 9.48. The third kappa shape index (κ3) is 2.22. The molecule has 0 unspecified atom stereocenters. The minimum absolute atomic E-state index is 0.130. The van der Waals surface area contributed by atoms with Crippen molar-refractivity contribution in [1.29, 1.82) is 0 Å². The summed E-state index contributed by atoms with van der Waals surface area (Å²) >= 11 is 0. The van der Waals surface area contributed by atoms with Crippen LogP contribution in [0.2, 0.25) is 0 Å². The van der Waals surface area contributed by atoms with E-state index in [4.69, 9.17) is 14.2 Å². The monoisotopic (exact) mass is 208 g/mol. The number of hydrogen-bond donors (Lipinski definition) is 3. The predicted molar refractivity (Wildman–Crippen MR) is 45.6 cm³/mol.